The van der Waals surface area contributed by atoms with E-state index in [2.05, 4.69) is 134 Å². The first-order valence-electron chi connectivity index (χ1n) is 10.1. The van der Waals surface area contributed by atoms with Crippen molar-refractivity contribution in [2.45, 2.75) is 18.7 Å². The molecule has 2 atom stereocenters. The molecular weight excluding hydrogens is 369 g/mol. The van der Waals surface area contributed by atoms with Gasteiger partial charge in [0.25, 0.3) is 0 Å². The van der Waals surface area contributed by atoms with Crippen molar-refractivity contribution in [3.63, 3.8) is 0 Å². The molecule has 0 radical (unpaired) electrons. The quantitative estimate of drug-likeness (QED) is 0.369. The van der Waals surface area contributed by atoms with Crippen molar-refractivity contribution in [2.75, 3.05) is 0 Å². The molecule has 144 valence electrons. The third-order valence-electron chi connectivity index (χ3n) is 5.15. The summed E-state index contributed by atoms with van der Waals surface area (Å²) in [6.07, 6.45) is 0. The normalized spacial score (nSPS) is 13.2. The molecule has 2 heteroatoms. The molecule has 0 aliphatic carbocycles. The predicted molar refractivity (Wildman–Crippen MR) is 126 cm³/mol. The second kappa shape index (κ2) is 9.65. The van der Waals surface area contributed by atoms with Crippen molar-refractivity contribution < 1.29 is 0 Å². The van der Waals surface area contributed by atoms with Crippen molar-refractivity contribution >= 4 is 18.5 Å². The van der Waals surface area contributed by atoms with E-state index in [0.717, 1.165) is 0 Å². The first-order chi connectivity index (χ1) is 14.3. The predicted octanol–water partition coefficient (Wildman–Crippen LogP) is 6.17. The Bertz CT molecular complexity index is 948. The molecule has 4 rings (SSSR count). The van der Waals surface area contributed by atoms with Crippen LogP contribution in [0.5, 0.6) is 0 Å². The fourth-order valence-corrected chi connectivity index (χ4v) is 6.38. The lowest BCUT2D eigenvalue weighted by atomic mass is 10.1. The fourth-order valence-electron chi connectivity index (χ4n) is 3.65. The van der Waals surface area contributed by atoms with Crippen LogP contribution in [0.25, 0.3) is 0 Å². The Morgan fingerprint density at radius 2 is 0.897 bits per heavy atom. The van der Waals surface area contributed by atoms with Crippen LogP contribution in [0.15, 0.2) is 121 Å². The van der Waals surface area contributed by atoms with E-state index in [0.29, 0.717) is 0 Å². The Morgan fingerprint density at radius 3 is 1.34 bits per heavy atom. The molecule has 0 aromatic heterocycles. The average molecular weight is 395 g/mol. The molecule has 0 amide bonds. The minimum atomic E-state index is -0.625. The Labute approximate surface area is 175 Å². The summed E-state index contributed by atoms with van der Waals surface area (Å²) in [4.78, 5) is 0. The summed E-state index contributed by atoms with van der Waals surface area (Å²) in [7, 11) is -0.625. The Balaban J connectivity index is 1.79. The number of hydrogen-bond acceptors (Lipinski definition) is 1. The van der Waals surface area contributed by atoms with Crippen LogP contribution in [0.2, 0.25) is 0 Å². The molecular formula is C27H26NP. The smallest absolute Gasteiger partial charge is 0.0610 e. The van der Waals surface area contributed by atoms with E-state index in [-0.39, 0.29) is 11.8 Å². The van der Waals surface area contributed by atoms with Crippen LogP contribution >= 0.6 is 7.92 Å². The summed E-state index contributed by atoms with van der Waals surface area (Å²) in [5, 5.41) is 6.74. The van der Waals surface area contributed by atoms with E-state index in [1.165, 1.54) is 21.7 Å². The maximum atomic E-state index is 3.98. The highest BCUT2D eigenvalue weighted by atomic mass is 31.1. The van der Waals surface area contributed by atoms with Gasteiger partial charge in [0.1, 0.15) is 0 Å². The fraction of sp³-hybridized carbons (Fsp3) is 0.111. The van der Waals surface area contributed by atoms with Gasteiger partial charge in [-0.1, -0.05) is 121 Å². The number of hydrogen-bond donors (Lipinski definition) is 1. The van der Waals surface area contributed by atoms with Crippen LogP contribution in [0.1, 0.15) is 29.9 Å². The Hall–Kier alpha value is -2.73. The highest BCUT2D eigenvalue weighted by Gasteiger charge is 2.27. The summed E-state index contributed by atoms with van der Waals surface area (Å²) in [6, 6.07) is 43.7. The summed E-state index contributed by atoms with van der Waals surface area (Å²) in [5.41, 5.74) is 2.64. The lowest BCUT2D eigenvalue weighted by molar-refractivity contribution is 0.561. The SMILES string of the molecule is C[C@H](N[C@H](c1ccccc1)P(c1ccccc1)c1ccccc1)c1ccccc1. The largest absolute Gasteiger partial charge is 0.299 e. The third-order valence-corrected chi connectivity index (χ3v) is 7.82. The minimum absolute atomic E-state index is 0.214. The topological polar surface area (TPSA) is 12.0 Å². The standard InChI is InChI=1S/C27H26NP/c1-22(23-14-6-2-7-15-23)28-27(24-16-8-3-9-17-24)29(25-18-10-4-11-19-25)26-20-12-5-13-21-26/h2-22,27-28H,1H3/t22-,27-/m0/s1. The lowest BCUT2D eigenvalue weighted by Crippen LogP contribution is -2.29. The minimum Gasteiger partial charge on any atom is -0.299 e. The zero-order valence-corrected chi connectivity index (χ0v) is 17.5. The van der Waals surface area contributed by atoms with E-state index >= 15 is 0 Å². The number of nitrogens with one attached hydrogen (secondary N) is 1. The van der Waals surface area contributed by atoms with Crippen molar-refractivity contribution in [1.82, 2.24) is 5.32 Å². The monoisotopic (exact) mass is 395 g/mol. The zero-order chi connectivity index (χ0) is 19.9. The average Bonchev–Trinajstić information content (AvgIpc) is 2.81. The van der Waals surface area contributed by atoms with Gasteiger partial charge in [-0.25, -0.2) is 0 Å². The first kappa shape index (κ1) is 19.6. The van der Waals surface area contributed by atoms with E-state index in [1.54, 1.807) is 0 Å². The van der Waals surface area contributed by atoms with Gasteiger partial charge in [0.05, 0.1) is 5.78 Å². The maximum Gasteiger partial charge on any atom is 0.0610 e. The molecule has 0 heterocycles. The summed E-state index contributed by atoms with van der Waals surface area (Å²) in [6.45, 7) is 2.26. The van der Waals surface area contributed by atoms with E-state index in [9.17, 15) is 0 Å². The third kappa shape index (κ3) is 4.82. The molecule has 0 aliphatic heterocycles. The highest BCUT2D eigenvalue weighted by molar-refractivity contribution is 7.73. The molecule has 0 aliphatic rings. The molecule has 0 unspecified atom stereocenters. The molecule has 0 bridgehead atoms. The van der Waals surface area contributed by atoms with Gasteiger partial charge >= 0.3 is 0 Å². The maximum absolute atomic E-state index is 3.98. The number of benzene rings is 4. The van der Waals surface area contributed by atoms with Crippen LogP contribution in [-0.2, 0) is 0 Å². The van der Waals surface area contributed by atoms with Crippen molar-refractivity contribution in [2.24, 2.45) is 0 Å². The number of rotatable bonds is 7. The molecule has 1 nitrogen and oxygen atoms in total. The summed E-state index contributed by atoms with van der Waals surface area (Å²) < 4.78 is 0. The van der Waals surface area contributed by atoms with Gasteiger partial charge in [-0.3, -0.25) is 5.32 Å². The summed E-state index contributed by atoms with van der Waals surface area (Å²) >= 11 is 0. The second-order valence-corrected chi connectivity index (χ2v) is 9.44. The Kier molecular flexibility index (Phi) is 6.52. The zero-order valence-electron chi connectivity index (χ0n) is 16.6. The van der Waals surface area contributed by atoms with E-state index < -0.39 is 7.92 Å². The van der Waals surface area contributed by atoms with Crippen LogP contribution in [0.3, 0.4) is 0 Å². The van der Waals surface area contributed by atoms with Crippen molar-refractivity contribution in [3.8, 4) is 0 Å². The van der Waals surface area contributed by atoms with Crippen molar-refractivity contribution in [3.05, 3.63) is 132 Å². The van der Waals surface area contributed by atoms with Gasteiger partial charge in [-0.2, -0.15) is 0 Å². The molecule has 1 N–H and O–H groups in total. The van der Waals surface area contributed by atoms with Crippen LogP contribution in [0, 0.1) is 0 Å². The van der Waals surface area contributed by atoms with Crippen LogP contribution in [-0.4, -0.2) is 0 Å². The molecule has 4 aromatic rings. The van der Waals surface area contributed by atoms with Gasteiger partial charge in [-0.05, 0) is 36.6 Å². The van der Waals surface area contributed by atoms with Gasteiger partial charge in [0.15, 0.2) is 0 Å². The summed E-state index contributed by atoms with van der Waals surface area (Å²) in [5.74, 6) is 0.214. The second-order valence-electron chi connectivity index (χ2n) is 7.15. The van der Waals surface area contributed by atoms with Gasteiger partial charge in [0.2, 0.25) is 0 Å². The Morgan fingerprint density at radius 1 is 0.517 bits per heavy atom. The van der Waals surface area contributed by atoms with E-state index in [1.807, 2.05) is 0 Å². The first-order valence-corrected chi connectivity index (χ1v) is 11.5. The lowest BCUT2D eigenvalue weighted by Gasteiger charge is -2.32. The molecule has 4 aromatic carbocycles. The van der Waals surface area contributed by atoms with Crippen LogP contribution < -0.4 is 15.9 Å². The van der Waals surface area contributed by atoms with Gasteiger partial charge in [-0.15, -0.1) is 0 Å². The molecule has 29 heavy (non-hydrogen) atoms. The van der Waals surface area contributed by atoms with Crippen LogP contribution in [0.4, 0.5) is 0 Å². The molecule has 0 fully saturated rings. The van der Waals surface area contributed by atoms with Gasteiger partial charge < -0.3 is 0 Å². The van der Waals surface area contributed by atoms with Crippen molar-refractivity contribution in [1.29, 1.82) is 0 Å². The van der Waals surface area contributed by atoms with E-state index in [4.69, 9.17) is 0 Å². The molecule has 0 saturated carbocycles. The van der Waals surface area contributed by atoms with Gasteiger partial charge in [0, 0.05) is 6.04 Å². The molecule has 0 spiro atoms. The highest BCUT2D eigenvalue weighted by Crippen LogP contribution is 2.48. The molecule has 0 saturated heterocycles.